The van der Waals surface area contributed by atoms with Crippen molar-refractivity contribution in [3.8, 4) is 11.4 Å². The molecule has 142 valence electrons. The first-order chi connectivity index (χ1) is 14.2. The largest absolute Gasteiger partial charge is 0.478 e. The number of para-hydroxylation sites is 3. The van der Waals surface area contributed by atoms with Crippen LogP contribution in [0.2, 0.25) is 0 Å². The first-order valence-electron chi connectivity index (χ1n) is 8.70. The summed E-state index contributed by atoms with van der Waals surface area (Å²) in [5.41, 5.74) is 2.02. The van der Waals surface area contributed by atoms with E-state index >= 15 is 0 Å². The molecular formula is C19H13N7O3. The molecule has 0 N–H and O–H groups in total. The third-order valence-electron chi connectivity index (χ3n) is 4.37. The van der Waals surface area contributed by atoms with Gasteiger partial charge in [0.1, 0.15) is 6.33 Å². The first-order valence-corrected chi connectivity index (χ1v) is 8.70. The minimum absolute atomic E-state index is 0.0130. The molecule has 0 aliphatic carbocycles. The number of fused-ring (bicyclic) bond motifs is 3. The lowest BCUT2D eigenvalue weighted by Gasteiger charge is -2.03. The third kappa shape index (κ3) is 2.92. The SMILES string of the molecule is O=[N+]([O-])c1ccccc1OCc1nc2c3cnn(-c4ccccc4)c3ncn2n1. The Balaban J connectivity index is 1.49. The highest BCUT2D eigenvalue weighted by Gasteiger charge is 2.16. The average Bonchev–Trinajstić information content (AvgIpc) is 3.36. The molecule has 0 aliphatic rings. The third-order valence-corrected chi connectivity index (χ3v) is 4.37. The fourth-order valence-corrected chi connectivity index (χ4v) is 3.06. The second kappa shape index (κ2) is 6.68. The van der Waals surface area contributed by atoms with E-state index in [9.17, 15) is 10.1 Å². The quantitative estimate of drug-likeness (QED) is 0.336. The van der Waals surface area contributed by atoms with Gasteiger partial charge < -0.3 is 4.74 Å². The maximum atomic E-state index is 11.1. The van der Waals surface area contributed by atoms with Gasteiger partial charge in [0, 0.05) is 6.07 Å². The fraction of sp³-hybridized carbons (Fsp3) is 0.0526. The van der Waals surface area contributed by atoms with Gasteiger partial charge in [-0.25, -0.2) is 19.2 Å². The number of hydrogen-bond donors (Lipinski definition) is 0. The Hall–Kier alpha value is -4.34. The maximum absolute atomic E-state index is 11.1. The number of rotatable bonds is 5. The van der Waals surface area contributed by atoms with Crippen LogP contribution in [-0.4, -0.2) is 34.3 Å². The molecule has 29 heavy (non-hydrogen) atoms. The van der Waals surface area contributed by atoms with Crippen LogP contribution >= 0.6 is 0 Å². The van der Waals surface area contributed by atoms with E-state index in [1.54, 1.807) is 29.3 Å². The maximum Gasteiger partial charge on any atom is 0.310 e. The highest BCUT2D eigenvalue weighted by Crippen LogP contribution is 2.26. The number of benzene rings is 2. The Morgan fingerprint density at radius 2 is 1.83 bits per heavy atom. The van der Waals surface area contributed by atoms with Gasteiger partial charge in [-0.2, -0.15) is 5.10 Å². The molecule has 0 saturated heterocycles. The summed E-state index contributed by atoms with van der Waals surface area (Å²) >= 11 is 0. The second-order valence-electron chi connectivity index (χ2n) is 6.18. The van der Waals surface area contributed by atoms with Crippen molar-refractivity contribution in [1.29, 1.82) is 0 Å². The van der Waals surface area contributed by atoms with Gasteiger partial charge in [0.05, 0.1) is 22.2 Å². The molecule has 0 atom stereocenters. The summed E-state index contributed by atoms with van der Waals surface area (Å²) in [4.78, 5) is 19.6. The standard InChI is InChI=1S/C19H13N7O3/c27-26(28)15-8-4-5-9-16(15)29-11-17-22-19-14-10-21-25(13-6-2-1-3-7-13)18(14)20-12-24(19)23-17/h1-10,12H,11H2. The Morgan fingerprint density at radius 1 is 1.03 bits per heavy atom. The summed E-state index contributed by atoms with van der Waals surface area (Å²) in [5.74, 6) is 0.543. The zero-order valence-corrected chi connectivity index (χ0v) is 14.9. The average molecular weight is 387 g/mol. The van der Waals surface area contributed by atoms with E-state index < -0.39 is 4.92 Å². The van der Waals surface area contributed by atoms with Crippen LogP contribution in [0.4, 0.5) is 5.69 Å². The van der Waals surface area contributed by atoms with Crippen molar-refractivity contribution in [3.63, 3.8) is 0 Å². The van der Waals surface area contributed by atoms with E-state index in [1.165, 1.54) is 16.6 Å². The van der Waals surface area contributed by atoms with Gasteiger partial charge in [0.2, 0.25) is 0 Å². The van der Waals surface area contributed by atoms with Crippen LogP contribution in [0.1, 0.15) is 5.82 Å². The van der Waals surface area contributed by atoms with Crippen LogP contribution in [0.25, 0.3) is 22.4 Å². The number of nitro groups is 1. The van der Waals surface area contributed by atoms with Crippen LogP contribution in [0.3, 0.4) is 0 Å². The molecule has 5 aromatic rings. The lowest BCUT2D eigenvalue weighted by Crippen LogP contribution is -2.01. The summed E-state index contributed by atoms with van der Waals surface area (Å²) in [6, 6.07) is 15.8. The molecule has 0 amide bonds. The molecule has 10 heteroatoms. The molecule has 3 heterocycles. The monoisotopic (exact) mass is 387 g/mol. The van der Waals surface area contributed by atoms with Gasteiger partial charge in [-0.15, -0.1) is 5.10 Å². The number of ether oxygens (including phenoxy) is 1. The molecule has 0 fully saturated rings. The zero-order chi connectivity index (χ0) is 19.8. The van der Waals surface area contributed by atoms with Gasteiger partial charge in [0.25, 0.3) is 0 Å². The van der Waals surface area contributed by atoms with Crippen LogP contribution < -0.4 is 4.74 Å². The molecule has 0 saturated carbocycles. The molecule has 0 unspecified atom stereocenters. The van der Waals surface area contributed by atoms with Gasteiger partial charge >= 0.3 is 5.69 Å². The molecule has 2 aromatic carbocycles. The second-order valence-corrected chi connectivity index (χ2v) is 6.18. The van der Waals surface area contributed by atoms with Crippen molar-refractivity contribution in [1.82, 2.24) is 29.4 Å². The summed E-state index contributed by atoms with van der Waals surface area (Å²) in [5, 5.41) is 20.6. The van der Waals surface area contributed by atoms with E-state index in [1.807, 2.05) is 30.3 Å². The van der Waals surface area contributed by atoms with E-state index in [2.05, 4.69) is 20.2 Å². The predicted molar refractivity (Wildman–Crippen MR) is 103 cm³/mol. The van der Waals surface area contributed by atoms with Gasteiger partial charge in [-0.1, -0.05) is 30.3 Å². The molecular weight excluding hydrogens is 374 g/mol. The highest BCUT2D eigenvalue weighted by atomic mass is 16.6. The summed E-state index contributed by atoms with van der Waals surface area (Å²) in [7, 11) is 0. The summed E-state index contributed by atoms with van der Waals surface area (Å²) in [6.07, 6.45) is 3.24. The number of aromatic nitrogens is 6. The van der Waals surface area contributed by atoms with Gasteiger partial charge in [0.15, 0.2) is 29.5 Å². The van der Waals surface area contributed by atoms with Crippen LogP contribution in [0, 0.1) is 10.1 Å². The summed E-state index contributed by atoms with van der Waals surface area (Å²) in [6.45, 7) is -0.0130. The fourth-order valence-electron chi connectivity index (χ4n) is 3.06. The predicted octanol–water partition coefficient (Wildman–Crippen LogP) is 2.95. The smallest absolute Gasteiger partial charge is 0.310 e. The zero-order valence-electron chi connectivity index (χ0n) is 14.9. The van der Waals surface area contributed by atoms with E-state index in [0.29, 0.717) is 17.1 Å². The molecule has 3 aromatic heterocycles. The highest BCUT2D eigenvalue weighted by molar-refractivity contribution is 5.89. The Labute approximate surface area is 163 Å². The Morgan fingerprint density at radius 3 is 2.66 bits per heavy atom. The van der Waals surface area contributed by atoms with Gasteiger partial charge in [-0.05, 0) is 18.2 Å². The normalized spacial score (nSPS) is 11.2. The van der Waals surface area contributed by atoms with Crippen molar-refractivity contribution >= 4 is 22.4 Å². The molecule has 10 nitrogen and oxygen atoms in total. The lowest BCUT2D eigenvalue weighted by molar-refractivity contribution is -0.385. The topological polar surface area (TPSA) is 113 Å². The van der Waals surface area contributed by atoms with Crippen LogP contribution in [0.5, 0.6) is 5.75 Å². The summed E-state index contributed by atoms with van der Waals surface area (Å²) < 4.78 is 8.85. The van der Waals surface area contributed by atoms with Gasteiger partial charge in [-0.3, -0.25) is 10.1 Å². The Bertz CT molecular complexity index is 1340. The van der Waals surface area contributed by atoms with Crippen molar-refractivity contribution in [2.75, 3.05) is 0 Å². The van der Waals surface area contributed by atoms with Crippen molar-refractivity contribution in [2.45, 2.75) is 6.61 Å². The van der Waals surface area contributed by atoms with E-state index in [-0.39, 0.29) is 18.0 Å². The molecule has 0 spiro atoms. The molecule has 0 radical (unpaired) electrons. The van der Waals surface area contributed by atoms with Crippen molar-refractivity contribution < 1.29 is 9.66 Å². The van der Waals surface area contributed by atoms with E-state index in [0.717, 1.165) is 11.1 Å². The Kier molecular flexibility index (Phi) is 3.87. The van der Waals surface area contributed by atoms with Crippen LogP contribution in [-0.2, 0) is 6.61 Å². The van der Waals surface area contributed by atoms with Crippen molar-refractivity contribution in [2.24, 2.45) is 0 Å². The number of nitrogens with zero attached hydrogens (tertiary/aromatic N) is 7. The molecule has 0 aliphatic heterocycles. The van der Waals surface area contributed by atoms with E-state index in [4.69, 9.17) is 4.74 Å². The van der Waals surface area contributed by atoms with Crippen LogP contribution in [0.15, 0.2) is 67.1 Å². The minimum Gasteiger partial charge on any atom is -0.478 e. The first kappa shape index (κ1) is 16.8. The number of hydrogen-bond acceptors (Lipinski definition) is 7. The lowest BCUT2D eigenvalue weighted by atomic mass is 10.3. The molecule has 0 bridgehead atoms. The molecule has 5 rings (SSSR count). The van der Waals surface area contributed by atoms with Crippen molar-refractivity contribution in [3.05, 3.63) is 83.1 Å². The minimum atomic E-state index is -0.488. The number of nitro benzene ring substituents is 1.